The van der Waals surface area contributed by atoms with Crippen molar-refractivity contribution in [2.75, 3.05) is 5.32 Å². The normalized spacial score (nSPS) is 15.7. The molecule has 1 saturated carbocycles. The first kappa shape index (κ1) is 11.1. The van der Waals surface area contributed by atoms with Crippen molar-refractivity contribution in [1.82, 2.24) is 0 Å². The van der Waals surface area contributed by atoms with Crippen molar-refractivity contribution in [3.05, 3.63) is 29.8 Å². The van der Waals surface area contributed by atoms with Gasteiger partial charge in [-0.05, 0) is 37.1 Å². The first-order chi connectivity index (χ1) is 8.07. The average Bonchev–Trinajstić information content (AvgIpc) is 3.10. The summed E-state index contributed by atoms with van der Waals surface area (Å²) >= 11 is 0. The van der Waals surface area contributed by atoms with E-state index in [2.05, 4.69) is 5.32 Å². The first-order valence-corrected chi connectivity index (χ1v) is 5.13. The van der Waals surface area contributed by atoms with Crippen LogP contribution in [-0.2, 0) is 4.79 Å². The minimum Gasteiger partial charge on any atom is -0.478 e. The predicted molar refractivity (Wildman–Crippen MR) is 59.3 cm³/mol. The van der Waals surface area contributed by atoms with E-state index in [1.54, 1.807) is 0 Å². The van der Waals surface area contributed by atoms with Gasteiger partial charge in [-0.15, -0.1) is 0 Å². The van der Waals surface area contributed by atoms with Gasteiger partial charge in [-0.3, -0.25) is 4.79 Å². The number of benzene rings is 1. The van der Waals surface area contributed by atoms with Crippen LogP contribution in [0.25, 0.3) is 0 Å². The smallest absolute Gasteiger partial charge is 0.335 e. The van der Waals surface area contributed by atoms with Crippen molar-refractivity contribution in [1.29, 1.82) is 5.26 Å². The molecular formula is C12H10N2O3. The number of nitrogens with zero attached hydrogens (tertiary/aromatic N) is 1. The topological polar surface area (TPSA) is 90.2 Å². The summed E-state index contributed by atoms with van der Waals surface area (Å²) in [6, 6.07) is 7.83. The fourth-order valence-corrected chi connectivity index (χ4v) is 1.46. The first-order valence-electron chi connectivity index (χ1n) is 5.13. The maximum Gasteiger partial charge on any atom is 0.335 e. The van der Waals surface area contributed by atoms with Gasteiger partial charge in [0.15, 0.2) is 0 Å². The minimum atomic E-state index is -1.02. The molecule has 0 aromatic heterocycles. The third-order valence-electron chi connectivity index (χ3n) is 2.79. The van der Waals surface area contributed by atoms with Gasteiger partial charge in [0.25, 0.3) is 0 Å². The predicted octanol–water partition coefficient (Wildman–Crippen LogP) is 1.63. The van der Waals surface area contributed by atoms with Crippen molar-refractivity contribution in [3.63, 3.8) is 0 Å². The van der Waals surface area contributed by atoms with E-state index in [-0.39, 0.29) is 11.5 Å². The number of carboxylic acid groups (broad SMARTS) is 1. The molecule has 2 N–H and O–H groups in total. The Bertz CT molecular complexity index is 510. The highest BCUT2D eigenvalue weighted by Gasteiger charge is 2.50. The van der Waals surface area contributed by atoms with Crippen LogP contribution in [0.3, 0.4) is 0 Å². The molecule has 0 spiro atoms. The highest BCUT2D eigenvalue weighted by Crippen LogP contribution is 2.45. The highest BCUT2D eigenvalue weighted by molar-refractivity contribution is 5.99. The van der Waals surface area contributed by atoms with Gasteiger partial charge in [0.1, 0.15) is 5.41 Å². The summed E-state index contributed by atoms with van der Waals surface area (Å²) in [7, 11) is 0. The molecule has 0 saturated heterocycles. The molecule has 86 valence electrons. The molecule has 1 amide bonds. The number of anilines is 1. The van der Waals surface area contributed by atoms with Crippen LogP contribution in [-0.4, -0.2) is 17.0 Å². The lowest BCUT2D eigenvalue weighted by Gasteiger charge is -2.08. The molecule has 1 aromatic carbocycles. The number of amides is 1. The Morgan fingerprint density at radius 3 is 2.29 bits per heavy atom. The van der Waals surface area contributed by atoms with Gasteiger partial charge in [0, 0.05) is 5.69 Å². The third kappa shape index (κ3) is 2.11. The monoisotopic (exact) mass is 230 g/mol. The van der Waals surface area contributed by atoms with E-state index in [0.717, 1.165) is 0 Å². The number of nitriles is 1. The Hall–Kier alpha value is -2.35. The second-order valence-electron chi connectivity index (χ2n) is 4.03. The van der Waals surface area contributed by atoms with Crippen molar-refractivity contribution in [2.45, 2.75) is 12.8 Å². The molecule has 5 nitrogen and oxygen atoms in total. The second-order valence-corrected chi connectivity index (χ2v) is 4.03. The number of hydrogen-bond donors (Lipinski definition) is 2. The molecule has 0 atom stereocenters. The Morgan fingerprint density at radius 1 is 1.29 bits per heavy atom. The number of rotatable bonds is 3. The van der Waals surface area contributed by atoms with Crippen molar-refractivity contribution in [2.24, 2.45) is 5.41 Å². The summed E-state index contributed by atoms with van der Waals surface area (Å²) in [5.41, 5.74) is -0.211. The fraction of sp³-hybridized carbons (Fsp3) is 0.250. The molecular weight excluding hydrogens is 220 g/mol. The summed E-state index contributed by atoms with van der Waals surface area (Å²) in [6.45, 7) is 0. The summed E-state index contributed by atoms with van der Waals surface area (Å²) < 4.78 is 0. The standard InChI is InChI=1S/C12H10N2O3/c13-7-12(5-6-12)11(17)14-9-3-1-8(2-4-9)10(15)16/h1-4H,5-6H2,(H,14,17)(H,15,16). The lowest BCUT2D eigenvalue weighted by Crippen LogP contribution is -2.22. The number of carbonyl (C=O) groups is 2. The molecule has 5 heteroatoms. The van der Waals surface area contributed by atoms with Gasteiger partial charge >= 0.3 is 5.97 Å². The van der Waals surface area contributed by atoms with E-state index in [1.165, 1.54) is 24.3 Å². The maximum absolute atomic E-state index is 11.7. The molecule has 1 aliphatic carbocycles. The Balaban J connectivity index is 2.08. The van der Waals surface area contributed by atoms with E-state index in [0.29, 0.717) is 18.5 Å². The zero-order valence-electron chi connectivity index (χ0n) is 8.93. The second kappa shape index (κ2) is 3.91. The van der Waals surface area contributed by atoms with E-state index in [4.69, 9.17) is 10.4 Å². The quantitative estimate of drug-likeness (QED) is 0.825. The molecule has 1 fully saturated rings. The molecule has 0 unspecified atom stereocenters. The van der Waals surface area contributed by atoms with Gasteiger partial charge < -0.3 is 10.4 Å². The zero-order chi connectivity index (χ0) is 12.5. The lowest BCUT2D eigenvalue weighted by molar-refractivity contribution is -0.119. The van der Waals surface area contributed by atoms with Crippen LogP contribution in [0.4, 0.5) is 5.69 Å². The van der Waals surface area contributed by atoms with Gasteiger partial charge in [0.05, 0.1) is 11.6 Å². The minimum absolute atomic E-state index is 0.157. The molecule has 0 aliphatic heterocycles. The Kier molecular flexibility index (Phi) is 2.56. The van der Waals surface area contributed by atoms with Gasteiger partial charge in [-0.2, -0.15) is 5.26 Å². The zero-order valence-corrected chi connectivity index (χ0v) is 8.93. The molecule has 17 heavy (non-hydrogen) atoms. The highest BCUT2D eigenvalue weighted by atomic mass is 16.4. The molecule has 0 heterocycles. The summed E-state index contributed by atoms with van der Waals surface area (Å²) in [5.74, 6) is -1.33. The largest absolute Gasteiger partial charge is 0.478 e. The van der Waals surface area contributed by atoms with Crippen LogP contribution in [0.15, 0.2) is 24.3 Å². The fourth-order valence-electron chi connectivity index (χ4n) is 1.46. The van der Waals surface area contributed by atoms with E-state index < -0.39 is 11.4 Å². The van der Waals surface area contributed by atoms with Crippen molar-refractivity contribution in [3.8, 4) is 6.07 Å². The molecule has 1 aliphatic rings. The number of carbonyl (C=O) groups excluding carboxylic acids is 1. The van der Waals surface area contributed by atoms with E-state index in [9.17, 15) is 9.59 Å². The molecule has 1 aromatic rings. The maximum atomic E-state index is 11.7. The average molecular weight is 230 g/mol. The Morgan fingerprint density at radius 2 is 1.88 bits per heavy atom. The van der Waals surface area contributed by atoms with Crippen LogP contribution >= 0.6 is 0 Å². The number of aromatic carboxylic acids is 1. The number of nitrogens with one attached hydrogen (secondary N) is 1. The molecule has 0 bridgehead atoms. The molecule has 0 radical (unpaired) electrons. The van der Waals surface area contributed by atoms with Crippen molar-refractivity contribution >= 4 is 17.6 Å². The van der Waals surface area contributed by atoms with E-state index in [1.807, 2.05) is 6.07 Å². The summed E-state index contributed by atoms with van der Waals surface area (Å²) in [5, 5.41) is 20.1. The van der Waals surface area contributed by atoms with Crippen LogP contribution in [0.2, 0.25) is 0 Å². The van der Waals surface area contributed by atoms with Gasteiger partial charge in [-0.1, -0.05) is 0 Å². The van der Waals surface area contributed by atoms with Crippen LogP contribution in [0, 0.1) is 16.7 Å². The van der Waals surface area contributed by atoms with E-state index >= 15 is 0 Å². The Labute approximate surface area is 97.7 Å². The lowest BCUT2D eigenvalue weighted by atomic mass is 10.1. The van der Waals surface area contributed by atoms with Crippen LogP contribution in [0.5, 0.6) is 0 Å². The van der Waals surface area contributed by atoms with Gasteiger partial charge in [0.2, 0.25) is 5.91 Å². The molecule has 2 rings (SSSR count). The third-order valence-corrected chi connectivity index (χ3v) is 2.79. The van der Waals surface area contributed by atoms with Crippen LogP contribution < -0.4 is 5.32 Å². The van der Waals surface area contributed by atoms with Crippen LogP contribution in [0.1, 0.15) is 23.2 Å². The summed E-state index contributed by atoms with van der Waals surface area (Å²) in [4.78, 5) is 22.3. The number of hydrogen-bond acceptors (Lipinski definition) is 3. The SMILES string of the molecule is N#CC1(C(=O)Nc2ccc(C(=O)O)cc2)CC1. The number of carboxylic acids is 1. The summed E-state index contributed by atoms with van der Waals surface area (Å²) in [6.07, 6.45) is 1.17. The van der Waals surface area contributed by atoms with Crippen molar-refractivity contribution < 1.29 is 14.7 Å². The van der Waals surface area contributed by atoms with Gasteiger partial charge in [-0.25, -0.2) is 4.79 Å².